The van der Waals surface area contributed by atoms with Gasteiger partial charge in [0.25, 0.3) is 0 Å². The van der Waals surface area contributed by atoms with E-state index in [0.717, 1.165) is 25.7 Å². The second kappa shape index (κ2) is 9.23. The van der Waals surface area contributed by atoms with Crippen LogP contribution in [0.4, 0.5) is 18.9 Å². The van der Waals surface area contributed by atoms with Crippen LogP contribution in [0.25, 0.3) is 0 Å². The Morgan fingerprint density at radius 2 is 1.64 bits per heavy atom. The molecule has 2 rings (SSSR count). The third-order valence-electron chi connectivity index (χ3n) is 4.58. The van der Waals surface area contributed by atoms with Crippen molar-refractivity contribution in [2.75, 3.05) is 38.0 Å². The number of nitriles is 3. The van der Waals surface area contributed by atoms with Crippen molar-refractivity contribution < 1.29 is 13.2 Å². The number of piperazine rings is 1. The average molecular weight is 388 g/mol. The van der Waals surface area contributed by atoms with Crippen molar-refractivity contribution in [3.05, 3.63) is 40.6 Å². The summed E-state index contributed by atoms with van der Waals surface area (Å²) >= 11 is 0. The van der Waals surface area contributed by atoms with Gasteiger partial charge in [0.05, 0.1) is 5.56 Å². The Bertz CT molecular complexity index is 846. The molecule has 0 aromatic heterocycles. The van der Waals surface area contributed by atoms with Gasteiger partial charge in [-0.2, -0.15) is 29.0 Å². The maximum Gasteiger partial charge on any atom is 0.416 e. The third-order valence-corrected chi connectivity index (χ3v) is 4.58. The summed E-state index contributed by atoms with van der Waals surface area (Å²) in [5.41, 5.74) is -1.55. The number of rotatable bonds is 5. The molecule has 146 valence electrons. The monoisotopic (exact) mass is 388 g/mol. The molecule has 6 nitrogen and oxygen atoms in total. The lowest BCUT2D eigenvalue weighted by molar-refractivity contribution is -0.138. The highest BCUT2D eigenvalue weighted by Crippen LogP contribution is 2.35. The minimum absolute atomic E-state index is 0.00794. The lowest BCUT2D eigenvalue weighted by Crippen LogP contribution is -2.45. The number of hydrogen-bond donors (Lipinski definition) is 1. The van der Waals surface area contributed by atoms with Gasteiger partial charge in [-0.25, -0.2) is 0 Å². The predicted molar refractivity (Wildman–Crippen MR) is 96.3 cm³/mol. The zero-order valence-electron chi connectivity index (χ0n) is 15.3. The van der Waals surface area contributed by atoms with Crippen LogP contribution in [0.5, 0.6) is 0 Å². The van der Waals surface area contributed by atoms with Gasteiger partial charge in [0, 0.05) is 38.4 Å². The second-order valence-corrected chi connectivity index (χ2v) is 6.29. The largest absolute Gasteiger partial charge is 0.416 e. The lowest BCUT2D eigenvalue weighted by Gasteiger charge is -2.34. The first-order chi connectivity index (χ1) is 13.3. The number of anilines is 1. The molecule has 0 unspecified atom stereocenters. The topological polar surface area (TPSA) is 89.9 Å². The highest BCUT2D eigenvalue weighted by Gasteiger charge is 2.34. The van der Waals surface area contributed by atoms with Crippen LogP contribution in [0, 0.1) is 34.0 Å². The third kappa shape index (κ3) is 5.23. The Kier molecular flexibility index (Phi) is 7.00. The average Bonchev–Trinajstić information content (AvgIpc) is 2.68. The minimum Gasteiger partial charge on any atom is -0.345 e. The molecule has 0 radical (unpaired) electrons. The van der Waals surface area contributed by atoms with Gasteiger partial charge in [0.2, 0.25) is 0 Å². The molecule has 0 amide bonds. The first kappa shape index (κ1) is 21.2. The van der Waals surface area contributed by atoms with Crippen molar-refractivity contribution in [3.8, 4) is 18.2 Å². The lowest BCUT2D eigenvalue weighted by atomic mass is 10.0. The summed E-state index contributed by atoms with van der Waals surface area (Å²) in [4.78, 5) is 4.22. The van der Waals surface area contributed by atoms with Gasteiger partial charge in [-0.15, -0.1) is 0 Å². The maximum atomic E-state index is 13.6. The fraction of sp³-hybridized carbons (Fsp3) is 0.421. The van der Waals surface area contributed by atoms with Crippen LogP contribution >= 0.6 is 0 Å². The van der Waals surface area contributed by atoms with Gasteiger partial charge in [0.15, 0.2) is 5.57 Å². The molecule has 1 fully saturated rings. The fourth-order valence-electron chi connectivity index (χ4n) is 2.99. The Hall–Kier alpha value is -3.06. The first-order valence-corrected chi connectivity index (χ1v) is 8.68. The van der Waals surface area contributed by atoms with Gasteiger partial charge in [-0.1, -0.05) is 13.0 Å². The highest BCUT2D eigenvalue weighted by atomic mass is 19.4. The van der Waals surface area contributed by atoms with Crippen molar-refractivity contribution in [1.29, 1.82) is 15.8 Å². The van der Waals surface area contributed by atoms with Crippen LogP contribution < -0.4 is 5.32 Å². The molecule has 0 saturated carbocycles. The molecule has 0 spiro atoms. The Labute approximate surface area is 161 Å². The number of allylic oxidation sites excluding steroid dienone is 2. The van der Waals surface area contributed by atoms with Crippen LogP contribution in [0.3, 0.4) is 0 Å². The summed E-state index contributed by atoms with van der Waals surface area (Å²) < 4.78 is 40.7. The number of alkyl halides is 3. The number of hydrogen-bond acceptors (Lipinski definition) is 6. The summed E-state index contributed by atoms with van der Waals surface area (Å²) in [6, 6.07) is 8.40. The number of halogens is 3. The van der Waals surface area contributed by atoms with E-state index in [9.17, 15) is 13.2 Å². The number of likely N-dealkylation sites (N-methyl/N-ethyl adjacent to an activating group) is 1. The highest BCUT2D eigenvalue weighted by molar-refractivity contribution is 5.60. The van der Waals surface area contributed by atoms with Crippen LogP contribution in [-0.2, 0) is 12.7 Å². The van der Waals surface area contributed by atoms with Crippen LogP contribution in [0.1, 0.15) is 18.1 Å². The van der Waals surface area contributed by atoms with Gasteiger partial charge in [-0.05, 0) is 24.2 Å². The van der Waals surface area contributed by atoms with Gasteiger partial charge < -0.3 is 10.2 Å². The first-order valence-electron chi connectivity index (χ1n) is 8.68. The van der Waals surface area contributed by atoms with E-state index >= 15 is 0 Å². The smallest absolute Gasteiger partial charge is 0.345 e. The molecule has 1 aliphatic heterocycles. The van der Waals surface area contributed by atoms with E-state index in [1.165, 1.54) is 12.1 Å². The molecular weight excluding hydrogens is 369 g/mol. The van der Waals surface area contributed by atoms with E-state index in [4.69, 9.17) is 15.8 Å². The normalized spacial score (nSPS) is 15.2. The van der Waals surface area contributed by atoms with Crippen molar-refractivity contribution in [3.63, 3.8) is 0 Å². The van der Waals surface area contributed by atoms with Crippen molar-refractivity contribution in [2.45, 2.75) is 19.6 Å². The Morgan fingerprint density at radius 1 is 1.04 bits per heavy atom. The van der Waals surface area contributed by atoms with Crippen LogP contribution in [0.15, 0.2) is 29.5 Å². The van der Waals surface area contributed by atoms with Crippen molar-refractivity contribution in [1.82, 2.24) is 9.80 Å². The molecular formula is C19H19F3N6. The van der Waals surface area contributed by atoms with E-state index in [-0.39, 0.29) is 23.5 Å². The van der Waals surface area contributed by atoms with E-state index < -0.39 is 17.3 Å². The quantitative estimate of drug-likeness (QED) is 0.780. The zero-order valence-corrected chi connectivity index (χ0v) is 15.3. The maximum absolute atomic E-state index is 13.6. The van der Waals surface area contributed by atoms with Gasteiger partial charge in [-0.3, -0.25) is 4.90 Å². The molecule has 9 heteroatoms. The summed E-state index contributed by atoms with van der Waals surface area (Å²) in [6.45, 7) is 6.18. The standard InChI is InChI=1S/C19H19F3N6/c1-2-27-5-7-28(8-6-27)13-14-3-4-16(9-17(14)19(20,21)22)26-18(12-25)15(10-23)11-24/h3-4,9,26H,2,5-8,13H2,1H3. The molecule has 1 heterocycles. The van der Waals surface area contributed by atoms with E-state index in [1.807, 2.05) is 4.90 Å². The number of benzene rings is 1. The summed E-state index contributed by atoms with van der Waals surface area (Å²) in [6.07, 6.45) is -4.57. The molecule has 0 atom stereocenters. The van der Waals surface area contributed by atoms with E-state index in [2.05, 4.69) is 17.1 Å². The number of nitrogens with one attached hydrogen (secondary N) is 1. The Morgan fingerprint density at radius 3 is 2.14 bits per heavy atom. The van der Waals surface area contributed by atoms with Crippen molar-refractivity contribution >= 4 is 5.69 Å². The summed E-state index contributed by atoms with van der Waals surface area (Å²) in [7, 11) is 0. The van der Waals surface area contributed by atoms with Crippen LogP contribution in [0.2, 0.25) is 0 Å². The van der Waals surface area contributed by atoms with E-state index in [0.29, 0.717) is 13.1 Å². The van der Waals surface area contributed by atoms with Crippen molar-refractivity contribution in [2.24, 2.45) is 0 Å². The molecule has 0 bridgehead atoms. The Balaban J connectivity index is 2.28. The zero-order chi connectivity index (χ0) is 20.7. The fourth-order valence-corrected chi connectivity index (χ4v) is 2.99. The summed E-state index contributed by atoms with van der Waals surface area (Å²) in [5, 5.41) is 29.2. The number of nitrogens with zero attached hydrogens (tertiary/aromatic N) is 5. The van der Waals surface area contributed by atoms with Crippen LogP contribution in [-0.4, -0.2) is 42.5 Å². The summed E-state index contributed by atoms with van der Waals surface area (Å²) in [5.74, 6) is 0. The van der Waals surface area contributed by atoms with Gasteiger partial charge in [0.1, 0.15) is 23.9 Å². The molecule has 1 aromatic rings. The minimum atomic E-state index is -4.57. The molecule has 1 aromatic carbocycles. The van der Waals surface area contributed by atoms with Gasteiger partial charge >= 0.3 is 6.18 Å². The van der Waals surface area contributed by atoms with E-state index in [1.54, 1.807) is 18.2 Å². The SMILES string of the molecule is CCN1CCN(Cc2ccc(NC(C#N)=C(C#N)C#N)cc2C(F)(F)F)CC1. The predicted octanol–water partition coefficient (Wildman–Crippen LogP) is 3.08. The molecule has 1 N–H and O–H groups in total. The molecule has 28 heavy (non-hydrogen) atoms. The molecule has 1 saturated heterocycles. The second-order valence-electron chi connectivity index (χ2n) is 6.29. The molecule has 1 aliphatic rings. The molecule has 0 aliphatic carbocycles.